The molecule has 5 aliphatic rings. The topological polar surface area (TPSA) is 146 Å². The lowest BCUT2D eigenvalue weighted by molar-refractivity contribution is -0.138. The van der Waals surface area contributed by atoms with Gasteiger partial charge in [0.25, 0.3) is 5.91 Å². The minimum absolute atomic E-state index is 0.00853. The number of carbonyl (C=O) groups excluding carboxylic acids is 4. The molecule has 4 atom stereocenters. The van der Waals surface area contributed by atoms with Gasteiger partial charge in [-0.05, 0) is 121 Å². The van der Waals surface area contributed by atoms with Crippen LogP contribution >= 0.6 is 23.1 Å². The van der Waals surface area contributed by atoms with E-state index < -0.39 is 18.1 Å². The fourth-order valence-corrected chi connectivity index (χ4v) is 13.2. The maximum absolute atomic E-state index is 14.6. The highest BCUT2D eigenvalue weighted by atomic mass is 32.2. The van der Waals surface area contributed by atoms with Crippen molar-refractivity contribution in [3.63, 3.8) is 0 Å². The molecular weight excluding hydrogens is 948 g/mol. The number of carbonyl (C=O) groups is 4. The SMILES string of the molecule is CN[C@@H](C)C(=O)N[C@H](C(=O)N1CCC[C@H]1C1=NC(C(=O)c2ccc(F)cc2)CS1)C1CCN(CCN2CCN(CCN3CCC(CNC(=O)c4ccccc4)(c4nc(-c5ccccc5)cs4)CC3)CC2)CC1. The summed E-state index contributed by atoms with van der Waals surface area (Å²) in [4.78, 5) is 76.6. The van der Waals surface area contributed by atoms with Crippen LogP contribution in [0.25, 0.3) is 11.3 Å². The van der Waals surface area contributed by atoms with E-state index in [1.54, 1.807) is 18.4 Å². The molecule has 0 radical (unpaired) electrons. The zero-order valence-corrected chi connectivity index (χ0v) is 43.5. The Morgan fingerprint density at radius 2 is 1.36 bits per heavy atom. The van der Waals surface area contributed by atoms with Crippen LogP contribution < -0.4 is 16.0 Å². The van der Waals surface area contributed by atoms with Gasteiger partial charge in [0, 0.05) is 98.7 Å². The molecule has 0 bridgehead atoms. The van der Waals surface area contributed by atoms with Gasteiger partial charge >= 0.3 is 0 Å². The third kappa shape index (κ3) is 12.7. The maximum Gasteiger partial charge on any atom is 0.251 e. The number of likely N-dealkylation sites (N-methyl/N-ethyl adjacent to an activating group) is 1. The van der Waals surface area contributed by atoms with Gasteiger partial charge in [0.1, 0.15) is 22.9 Å². The van der Waals surface area contributed by atoms with E-state index in [1.165, 1.54) is 36.0 Å². The molecule has 3 N–H and O–H groups in total. The summed E-state index contributed by atoms with van der Waals surface area (Å²) in [6, 6.07) is 23.5. The van der Waals surface area contributed by atoms with Crippen LogP contribution in [0.1, 0.15) is 71.2 Å². The number of halogens is 1. The Hall–Kier alpha value is -4.88. The van der Waals surface area contributed by atoms with Gasteiger partial charge < -0.3 is 30.7 Å². The van der Waals surface area contributed by atoms with Crippen molar-refractivity contribution in [3.05, 3.63) is 112 Å². The van der Waals surface area contributed by atoms with Gasteiger partial charge in [0.05, 0.1) is 22.8 Å². The molecule has 0 aliphatic carbocycles. The van der Waals surface area contributed by atoms with E-state index in [-0.39, 0.29) is 46.7 Å². The van der Waals surface area contributed by atoms with E-state index in [9.17, 15) is 23.6 Å². The molecule has 4 fully saturated rings. The zero-order valence-electron chi connectivity index (χ0n) is 41.9. The molecule has 14 nitrogen and oxygen atoms in total. The maximum atomic E-state index is 14.6. The Kier molecular flexibility index (Phi) is 17.6. The summed E-state index contributed by atoms with van der Waals surface area (Å²) in [6.07, 6.45) is 5.11. The molecule has 3 amide bonds. The van der Waals surface area contributed by atoms with E-state index in [0.717, 1.165) is 138 Å². The quantitative estimate of drug-likeness (QED) is 0.102. The second-order valence-electron chi connectivity index (χ2n) is 20.3. The molecule has 0 spiro atoms. The minimum atomic E-state index is -0.640. The number of amides is 3. The number of likely N-dealkylation sites (tertiary alicyclic amines) is 3. The monoisotopic (exact) mass is 1020 g/mol. The third-order valence-electron chi connectivity index (χ3n) is 15.8. The number of hydrogen-bond acceptors (Lipinski definition) is 13. The normalized spacial score (nSPS) is 22.3. The summed E-state index contributed by atoms with van der Waals surface area (Å²) in [5, 5.41) is 13.5. The van der Waals surface area contributed by atoms with Gasteiger partial charge in [-0.3, -0.25) is 34.0 Å². The first-order chi connectivity index (χ1) is 35.1. The average Bonchev–Trinajstić information content (AvgIpc) is 4.25. The Balaban J connectivity index is 0.724. The standard InChI is InChI=1S/C55H71FN10O4S2/c1-39(57-2)50(68)61-48(53(70)66-23-9-14-47(66)52-59-46(37-71-52)49(67)42-15-17-44(56)18-16-42)41-19-24-62(25-20-41)28-30-64-32-34-65(35-33-64)31-29-63-26-21-55(22-27-63,38-58-51(69)43-12-7-4-8-13-43)54-60-45(36-72-54)40-10-5-3-6-11-40/h3-8,10-13,15-18,36,39,41,46-48,57H,9,14,19-35,37-38H2,1-2H3,(H,58,69)(H,61,68)/t39-,46?,47-,48-/m0/s1. The van der Waals surface area contributed by atoms with E-state index in [2.05, 4.69) is 53.1 Å². The van der Waals surface area contributed by atoms with E-state index >= 15 is 0 Å². The predicted molar refractivity (Wildman–Crippen MR) is 285 cm³/mol. The lowest BCUT2D eigenvalue weighted by atomic mass is 9.78. The third-order valence-corrected chi connectivity index (χ3v) is 18.1. The lowest BCUT2D eigenvalue weighted by Crippen LogP contribution is -2.58. The average molecular weight is 1020 g/mol. The Bertz CT molecular complexity index is 2470. The molecule has 4 saturated heterocycles. The number of nitrogens with one attached hydrogen (secondary N) is 3. The van der Waals surface area contributed by atoms with Crippen molar-refractivity contribution < 1.29 is 23.6 Å². The van der Waals surface area contributed by atoms with Crippen molar-refractivity contribution in [1.29, 1.82) is 0 Å². The first kappa shape index (κ1) is 52.0. The molecule has 6 heterocycles. The number of Topliss-reactive ketones (excluding diaryl/α,β-unsaturated/α-hetero) is 1. The fourth-order valence-electron chi connectivity index (χ4n) is 11.0. The number of nitrogens with zero attached hydrogens (tertiary/aromatic N) is 7. The minimum Gasteiger partial charge on any atom is -0.351 e. The van der Waals surface area contributed by atoms with Gasteiger partial charge in [-0.2, -0.15) is 0 Å². The summed E-state index contributed by atoms with van der Waals surface area (Å²) in [5.41, 5.74) is 3.00. The number of rotatable bonds is 19. The first-order valence-electron chi connectivity index (χ1n) is 26.1. The number of benzene rings is 3. The van der Waals surface area contributed by atoms with Crippen molar-refractivity contribution in [2.45, 2.75) is 75.0 Å². The summed E-state index contributed by atoms with van der Waals surface area (Å²) in [7, 11) is 1.75. The second kappa shape index (κ2) is 24.4. The van der Waals surface area contributed by atoms with Crippen molar-refractivity contribution in [2.24, 2.45) is 10.9 Å². The zero-order chi connectivity index (χ0) is 50.0. The molecule has 9 rings (SSSR count). The number of ketones is 1. The molecule has 5 aliphatic heterocycles. The molecule has 1 unspecified atom stereocenters. The van der Waals surface area contributed by atoms with Crippen LogP contribution in [0, 0.1) is 11.7 Å². The fraction of sp³-hybridized carbons (Fsp3) is 0.527. The van der Waals surface area contributed by atoms with Gasteiger partial charge in [-0.15, -0.1) is 23.1 Å². The number of aromatic nitrogens is 1. The summed E-state index contributed by atoms with van der Waals surface area (Å²) in [6.45, 7) is 14.9. The number of piperidine rings is 2. The first-order valence-corrected chi connectivity index (χ1v) is 27.9. The van der Waals surface area contributed by atoms with Gasteiger partial charge in [-0.1, -0.05) is 48.5 Å². The smallest absolute Gasteiger partial charge is 0.251 e. The molecule has 72 heavy (non-hydrogen) atoms. The number of thioether (sulfide) groups is 1. The van der Waals surface area contributed by atoms with E-state index in [0.29, 0.717) is 30.0 Å². The summed E-state index contributed by atoms with van der Waals surface area (Å²) in [5.74, 6) is -0.320. The number of thiazole rings is 1. The molecule has 0 saturated carbocycles. The molecular formula is C55H71FN10O4S2. The molecule has 3 aromatic carbocycles. The molecule has 4 aromatic rings. The number of aliphatic imine (C=N–C) groups is 1. The largest absolute Gasteiger partial charge is 0.351 e. The van der Waals surface area contributed by atoms with Crippen LogP contribution in [0.15, 0.2) is 95.3 Å². The van der Waals surface area contributed by atoms with Crippen LogP contribution in [-0.2, 0) is 15.0 Å². The van der Waals surface area contributed by atoms with E-state index in [1.807, 2.05) is 60.4 Å². The van der Waals surface area contributed by atoms with Crippen molar-refractivity contribution in [1.82, 2.24) is 45.4 Å². The molecule has 1 aromatic heterocycles. The second-order valence-corrected chi connectivity index (χ2v) is 22.2. The van der Waals surface area contributed by atoms with Gasteiger partial charge in [0.15, 0.2) is 5.78 Å². The van der Waals surface area contributed by atoms with Crippen LogP contribution in [0.5, 0.6) is 0 Å². The number of hydrogen-bond donors (Lipinski definition) is 3. The van der Waals surface area contributed by atoms with Gasteiger partial charge in [0.2, 0.25) is 11.8 Å². The van der Waals surface area contributed by atoms with Crippen molar-refractivity contribution in [3.8, 4) is 11.3 Å². The van der Waals surface area contributed by atoms with Crippen LogP contribution in [0.4, 0.5) is 4.39 Å². The number of piperazine rings is 1. The Labute approximate surface area is 432 Å². The molecule has 384 valence electrons. The van der Waals surface area contributed by atoms with Gasteiger partial charge in [-0.25, -0.2) is 9.37 Å². The summed E-state index contributed by atoms with van der Waals surface area (Å²) < 4.78 is 13.5. The predicted octanol–water partition coefficient (Wildman–Crippen LogP) is 5.52. The molecule has 17 heteroatoms. The van der Waals surface area contributed by atoms with Crippen LogP contribution in [0.2, 0.25) is 0 Å². The highest BCUT2D eigenvalue weighted by molar-refractivity contribution is 8.14. The Morgan fingerprint density at radius 1 is 0.750 bits per heavy atom. The highest BCUT2D eigenvalue weighted by Gasteiger charge is 2.43. The van der Waals surface area contributed by atoms with Crippen molar-refractivity contribution >= 4 is 51.6 Å². The van der Waals surface area contributed by atoms with E-state index in [4.69, 9.17) is 9.98 Å². The Morgan fingerprint density at radius 3 is 2.00 bits per heavy atom. The van der Waals surface area contributed by atoms with Crippen LogP contribution in [0.3, 0.4) is 0 Å². The van der Waals surface area contributed by atoms with Crippen LogP contribution in [-0.4, -0.2) is 187 Å². The lowest BCUT2D eigenvalue weighted by Gasteiger charge is -2.42. The summed E-state index contributed by atoms with van der Waals surface area (Å²) >= 11 is 3.25. The van der Waals surface area contributed by atoms with Crippen molar-refractivity contribution in [2.75, 3.05) is 104 Å². The highest BCUT2D eigenvalue weighted by Crippen LogP contribution is 2.39.